The van der Waals surface area contributed by atoms with E-state index < -0.39 is 0 Å². The van der Waals surface area contributed by atoms with Crippen LogP contribution in [0.3, 0.4) is 0 Å². The number of piperidine rings is 1. The van der Waals surface area contributed by atoms with Crippen molar-refractivity contribution in [3.63, 3.8) is 0 Å². The molecule has 0 atom stereocenters. The zero-order chi connectivity index (χ0) is 19.5. The van der Waals surface area contributed by atoms with Crippen LogP contribution in [0.1, 0.15) is 24.2 Å². The summed E-state index contributed by atoms with van der Waals surface area (Å²) >= 11 is 0. The van der Waals surface area contributed by atoms with E-state index in [0.29, 0.717) is 19.3 Å². The van der Waals surface area contributed by atoms with Crippen LogP contribution in [0.15, 0.2) is 6.07 Å². The maximum absolute atomic E-state index is 12.6. The number of carbonyl (C=O) groups excluding carboxylic acids is 1. The molecule has 0 spiro atoms. The normalized spacial score (nSPS) is 22.6. The molecular weight excluding hydrogens is 356 g/mol. The number of aryl methyl sites for hydroxylation is 2. The second kappa shape index (κ2) is 8.61. The van der Waals surface area contributed by atoms with E-state index in [1.54, 1.807) is 0 Å². The minimum absolute atomic E-state index is 0.185. The van der Waals surface area contributed by atoms with Gasteiger partial charge in [0.15, 0.2) is 0 Å². The number of hydrogen-bond donors (Lipinski definition) is 0. The Balaban J connectivity index is 1.25. The van der Waals surface area contributed by atoms with Crippen molar-refractivity contribution in [1.82, 2.24) is 24.7 Å². The molecular formula is C20H32N6O2. The zero-order valence-corrected chi connectivity index (χ0v) is 17.1. The zero-order valence-electron chi connectivity index (χ0n) is 17.1. The van der Waals surface area contributed by atoms with Gasteiger partial charge in [-0.15, -0.1) is 0 Å². The second-order valence-electron chi connectivity index (χ2n) is 8.07. The van der Waals surface area contributed by atoms with Crippen LogP contribution >= 0.6 is 0 Å². The highest BCUT2D eigenvalue weighted by atomic mass is 16.5. The van der Waals surface area contributed by atoms with E-state index in [9.17, 15) is 4.79 Å². The highest BCUT2D eigenvalue weighted by Gasteiger charge is 2.31. The van der Waals surface area contributed by atoms with Gasteiger partial charge in [-0.1, -0.05) is 0 Å². The molecule has 28 heavy (non-hydrogen) atoms. The Morgan fingerprint density at radius 3 is 2.07 bits per heavy atom. The van der Waals surface area contributed by atoms with Gasteiger partial charge in [-0.3, -0.25) is 4.90 Å². The number of rotatable bonds is 2. The van der Waals surface area contributed by atoms with Gasteiger partial charge < -0.3 is 19.4 Å². The Hall–Kier alpha value is -1.93. The maximum Gasteiger partial charge on any atom is 0.320 e. The van der Waals surface area contributed by atoms with Gasteiger partial charge in [-0.05, 0) is 32.8 Å². The monoisotopic (exact) mass is 388 g/mol. The van der Waals surface area contributed by atoms with Crippen LogP contribution in [0.4, 0.5) is 10.7 Å². The van der Waals surface area contributed by atoms with Crippen molar-refractivity contribution in [2.24, 2.45) is 0 Å². The summed E-state index contributed by atoms with van der Waals surface area (Å²) in [4.78, 5) is 30.7. The third kappa shape index (κ3) is 4.38. The molecule has 0 radical (unpaired) electrons. The molecule has 3 aliphatic rings. The second-order valence-corrected chi connectivity index (χ2v) is 8.07. The molecule has 1 aromatic rings. The number of hydrogen-bond acceptors (Lipinski definition) is 6. The van der Waals surface area contributed by atoms with Crippen LogP contribution in [0.25, 0.3) is 0 Å². The SMILES string of the molecule is Cc1cc(C)nc(N2CCC(N3CCN(C(=O)N4CCOCC4)CC3)CC2)n1. The third-order valence-electron chi connectivity index (χ3n) is 6.10. The highest BCUT2D eigenvalue weighted by molar-refractivity contribution is 5.74. The number of nitrogens with zero attached hydrogens (tertiary/aromatic N) is 6. The molecule has 4 heterocycles. The van der Waals surface area contributed by atoms with Gasteiger partial charge in [0.1, 0.15) is 0 Å². The van der Waals surface area contributed by atoms with E-state index in [-0.39, 0.29) is 6.03 Å². The van der Waals surface area contributed by atoms with E-state index in [1.807, 2.05) is 29.7 Å². The summed E-state index contributed by atoms with van der Waals surface area (Å²) in [6.07, 6.45) is 2.27. The molecule has 0 bridgehead atoms. The number of ether oxygens (including phenoxy) is 1. The predicted molar refractivity (Wildman–Crippen MR) is 108 cm³/mol. The van der Waals surface area contributed by atoms with Gasteiger partial charge in [0.2, 0.25) is 5.95 Å². The lowest BCUT2D eigenvalue weighted by molar-refractivity contribution is 0.0335. The Labute approximate surface area is 167 Å². The van der Waals surface area contributed by atoms with Crippen molar-refractivity contribution < 1.29 is 9.53 Å². The maximum atomic E-state index is 12.6. The lowest BCUT2D eigenvalue weighted by atomic mass is 10.0. The van der Waals surface area contributed by atoms with Crippen molar-refractivity contribution in [2.45, 2.75) is 32.7 Å². The summed E-state index contributed by atoms with van der Waals surface area (Å²) in [5.41, 5.74) is 2.07. The van der Waals surface area contributed by atoms with E-state index in [0.717, 1.165) is 82.5 Å². The molecule has 0 aliphatic carbocycles. The third-order valence-corrected chi connectivity index (χ3v) is 6.10. The fraction of sp³-hybridized carbons (Fsp3) is 0.750. The van der Waals surface area contributed by atoms with Gasteiger partial charge in [0.05, 0.1) is 13.2 Å². The first kappa shape index (κ1) is 19.4. The topological polar surface area (TPSA) is 65.0 Å². The first-order valence-electron chi connectivity index (χ1n) is 10.5. The molecule has 1 aromatic heterocycles. The molecule has 154 valence electrons. The largest absolute Gasteiger partial charge is 0.378 e. The summed E-state index contributed by atoms with van der Waals surface area (Å²) in [6.45, 7) is 12.4. The molecule has 3 aliphatic heterocycles. The van der Waals surface area contributed by atoms with Crippen LogP contribution in [0.5, 0.6) is 0 Å². The van der Waals surface area contributed by atoms with Gasteiger partial charge >= 0.3 is 6.03 Å². The Morgan fingerprint density at radius 2 is 1.46 bits per heavy atom. The number of carbonyl (C=O) groups is 1. The molecule has 4 rings (SSSR count). The minimum Gasteiger partial charge on any atom is -0.378 e. The number of aromatic nitrogens is 2. The lowest BCUT2D eigenvalue weighted by Crippen LogP contribution is -2.57. The summed E-state index contributed by atoms with van der Waals surface area (Å²) in [5, 5.41) is 0. The van der Waals surface area contributed by atoms with Crippen molar-refractivity contribution in [2.75, 3.05) is 70.5 Å². The average Bonchev–Trinajstić information content (AvgIpc) is 2.73. The van der Waals surface area contributed by atoms with Gasteiger partial charge in [-0.25, -0.2) is 14.8 Å². The van der Waals surface area contributed by atoms with E-state index in [1.165, 1.54) is 0 Å². The Bertz CT molecular complexity index is 657. The lowest BCUT2D eigenvalue weighted by Gasteiger charge is -2.43. The predicted octanol–water partition coefficient (Wildman–Crippen LogP) is 1.13. The number of morpholine rings is 1. The van der Waals surface area contributed by atoms with E-state index >= 15 is 0 Å². The van der Waals surface area contributed by atoms with E-state index in [2.05, 4.69) is 19.8 Å². The number of piperazine rings is 1. The molecule has 3 saturated heterocycles. The summed E-state index contributed by atoms with van der Waals surface area (Å²) in [6, 6.07) is 2.81. The number of urea groups is 1. The first-order valence-corrected chi connectivity index (χ1v) is 10.5. The van der Waals surface area contributed by atoms with Crippen molar-refractivity contribution in [3.8, 4) is 0 Å². The summed E-state index contributed by atoms with van der Waals surface area (Å²) < 4.78 is 5.35. The summed E-state index contributed by atoms with van der Waals surface area (Å²) in [5.74, 6) is 0.872. The van der Waals surface area contributed by atoms with E-state index in [4.69, 9.17) is 4.74 Å². The van der Waals surface area contributed by atoms with Gasteiger partial charge in [-0.2, -0.15) is 0 Å². The Morgan fingerprint density at radius 1 is 0.893 bits per heavy atom. The van der Waals surface area contributed by atoms with Crippen LogP contribution in [-0.4, -0.2) is 102 Å². The van der Waals surface area contributed by atoms with Crippen molar-refractivity contribution in [3.05, 3.63) is 17.5 Å². The molecule has 0 N–H and O–H groups in total. The molecule has 0 aromatic carbocycles. The molecule has 3 fully saturated rings. The van der Waals surface area contributed by atoms with Crippen LogP contribution in [0, 0.1) is 13.8 Å². The van der Waals surface area contributed by atoms with Gasteiger partial charge in [0, 0.05) is 69.8 Å². The summed E-state index contributed by atoms with van der Waals surface area (Å²) in [7, 11) is 0. The van der Waals surface area contributed by atoms with Crippen molar-refractivity contribution in [1.29, 1.82) is 0 Å². The molecule has 2 amide bonds. The minimum atomic E-state index is 0.185. The smallest absolute Gasteiger partial charge is 0.320 e. The molecule has 8 nitrogen and oxygen atoms in total. The van der Waals surface area contributed by atoms with Crippen molar-refractivity contribution >= 4 is 12.0 Å². The molecule has 8 heteroatoms. The number of anilines is 1. The van der Waals surface area contributed by atoms with Gasteiger partial charge in [0.25, 0.3) is 0 Å². The van der Waals surface area contributed by atoms with Crippen LogP contribution < -0.4 is 4.90 Å². The average molecular weight is 389 g/mol. The fourth-order valence-corrected chi connectivity index (χ4v) is 4.51. The van der Waals surface area contributed by atoms with Crippen LogP contribution in [-0.2, 0) is 4.74 Å². The highest BCUT2D eigenvalue weighted by Crippen LogP contribution is 2.22. The fourth-order valence-electron chi connectivity index (χ4n) is 4.51. The Kier molecular flexibility index (Phi) is 5.96. The molecule has 0 unspecified atom stereocenters. The number of amides is 2. The quantitative estimate of drug-likeness (QED) is 0.757. The first-order chi connectivity index (χ1) is 13.6. The standard InChI is InChI=1S/C20H32N6O2/c1-16-15-17(2)22-19(21-16)24-5-3-18(4-6-24)23-7-9-25(10-8-23)20(27)26-11-13-28-14-12-26/h15,18H,3-14H2,1-2H3. The molecule has 0 saturated carbocycles. The van der Waals surface area contributed by atoms with Crippen LogP contribution in [0.2, 0.25) is 0 Å².